The van der Waals surface area contributed by atoms with Gasteiger partial charge in [0.2, 0.25) is 0 Å². The molecule has 2 aromatic rings. The van der Waals surface area contributed by atoms with Crippen molar-refractivity contribution in [2.24, 2.45) is 0 Å². The first-order chi connectivity index (χ1) is 8.16. The molecule has 1 heterocycles. The van der Waals surface area contributed by atoms with E-state index in [4.69, 9.17) is 4.52 Å². The zero-order chi connectivity index (χ0) is 12.0. The summed E-state index contributed by atoms with van der Waals surface area (Å²) in [4.78, 5) is 0. The quantitative estimate of drug-likeness (QED) is 0.641. The van der Waals surface area contributed by atoms with Crippen LogP contribution < -0.4 is 9.83 Å². The van der Waals surface area contributed by atoms with Crippen LogP contribution in [0.15, 0.2) is 45.3 Å². The molecular formula is C12H7Br2O2P. The molecule has 86 valence electrons. The Balaban J connectivity index is 2.37. The van der Waals surface area contributed by atoms with E-state index < -0.39 is 8.03 Å². The molecule has 3 rings (SSSR count). The van der Waals surface area contributed by atoms with E-state index in [9.17, 15) is 4.57 Å². The number of rotatable bonds is 0. The highest BCUT2D eigenvalue weighted by Gasteiger charge is 2.24. The van der Waals surface area contributed by atoms with Crippen LogP contribution >= 0.6 is 39.9 Å². The first kappa shape index (κ1) is 11.5. The van der Waals surface area contributed by atoms with Crippen LogP contribution in [0.2, 0.25) is 0 Å². The lowest BCUT2D eigenvalue weighted by molar-refractivity contribution is 0.512. The Hall–Kier alpha value is -0.570. The zero-order valence-corrected chi connectivity index (χ0v) is 12.7. The third-order valence-corrected chi connectivity index (χ3v) is 4.95. The summed E-state index contributed by atoms with van der Waals surface area (Å²) in [6.45, 7) is 0. The van der Waals surface area contributed by atoms with Gasteiger partial charge < -0.3 is 4.52 Å². The van der Waals surface area contributed by atoms with Crippen LogP contribution in [0.5, 0.6) is 5.75 Å². The molecule has 0 amide bonds. The molecule has 1 aliphatic rings. The van der Waals surface area contributed by atoms with Gasteiger partial charge in [-0.3, -0.25) is 4.57 Å². The Morgan fingerprint density at radius 3 is 2.65 bits per heavy atom. The summed E-state index contributed by atoms with van der Waals surface area (Å²) < 4.78 is 19.3. The second-order valence-corrected chi connectivity index (χ2v) is 6.79. The van der Waals surface area contributed by atoms with Crippen molar-refractivity contribution in [3.05, 3.63) is 45.3 Å². The van der Waals surface area contributed by atoms with E-state index in [1.165, 1.54) is 0 Å². The Kier molecular flexibility index (Phi) is 2.89. The molecule has 1 unspecified atom stereocenters. The lowest BCUT2D eigenvalue weighted by Gasteiger charge is -2.21. The van der Waals surface area contributed by atoms with E-state index in [2.05, 4.69) is 31.9 Å². The molecular weight excluding hydrogens is 367 g/mol. The van der Waals surface area contributed by atoms with Gasteiger partial charge >= 0.3 is 0 Å². The number of fused-ring (bicyclic) bond motifs is 3. The average molecular weight is 374 g/mol. The summed E-state index contributed by atoms with van der Waals surface area (Å²) in [7, 11) is -2.19. The van der Waals surface area contributed by atoms with E-state index in [0.29, 0.717) is 5.75 Å². The normalized spacial score (nSPS) is 16.9. The Bertz CT molecular complexity index is 640. The molecule has 0 N–H and O–H groups in total. The van der Waals surface area contributed by atoms with Crippen LogP contribution in [-0.4, -0.2) is 0 Å². The predicted octanol–water partition coefficient (Wildman–Crippen LogP) is 4.37. The standard InChI is InChI=1S/C12H7Br2O2P/c13-7-5-9-8-3-1-2-4-11(8)17(15)16-12(9)10(14)6-7/h1-6,17H. The number of hydrogen-bond donors (Lipinski definition) is 0. The van der Waals surface area contributed by atoms with E-state index in [1.54, 1.807) is 0 Å². The van der Waals surface area contributed by atoms with E-state index in [1.807, 2.05) is 36.4 Å². The van der Waals surface area contributed by atoms with Crippen molar-refractivity contribution in [1.82, 2.24) is 0 Å². The van der Waals surface area contributed by atoms with Crippen LogP contribution in [0, 0.1) is 0 Å². The van der Waals surface area contributed by atoms with Gasteiger partial charge in [0.15, 0.2) is 0 Å². The van der Waals surface area contributed by atoms with Crippen molar-refractivity contribution in [3.8, 4) is 16.9 Å². The van der Waals surface area contributed by atoms with Gasteiger partial charge in [-0.1, -0.05) is 34.1 Å². The first-order valence-corrected chi connectivity index (χ1v) is 7.87. The predicted molar refractivity (Wildman–Crippen MR) is 76.5 cm³/mol. The van der Waals surface area contributed by atoms with Crippen molar-refractivity contribution in [2.75, 3.05) is 0 Å². The Morgan fingerprint density at radius 2 is 1.82 bits per heavy atom. The van der Waals surface area contributed by atoms with Gasteiger partial charge in [0.05, 0.1) is 9.78 Å². The summed E-state index contributed by atoms with van der Waals surface area (Å²) in [5, 5.41) is 0.787. The van der Waals surface area contributed by atoms with Crippen LogP contribution in [0.25, 0.3) is 11.1 Å². The molecule has 2 nitrogen and oxygen atoms in total. The molecule has 0 saturated heterocycles. The van der Waals surface area contributed by atoms with Gasteiger partial charge in [0.25, 0.3) is 8.03 Å². The minimum Gasteiger partial charge on any atom is -0.440 e. The van der Waals surface area contributed by atoms with Crippen molar-refractivity contribution >= 4 is 45.2 Å². The summed E-state index contributed by atoms with van der Waals surface area (Å²) >= 11 is 6.89. The van der Waals surface area contributed by atoms with Gasteiger partial charge in [-0.15, -0.1) is 0 Å². The molecule has 0 fully saturated rings. The highest BCUT2D eigenvalue weighted by molar-refractivity contribution is 9.11. The van der Waals surface area contributed by atoms with Crippen LogP contribution in [0.1, 0.15) is 0 Å². The maximum absolute atomic E-state index is 12.0. The summed E-state index contributed by atoms with van der Waals surface area (Å²) in [6, 6.07) is 11.5. The fourth-order valence-corrected chi connectivity index (χ4v) is 4.55. The maximum Gasteiger partial charge on any atom is 0.266 e. The minimum atomic E-state index is -2.19. The number of hydrogen-bond acceptors (Lipinski definition) is 2. The molecule has 1 atom stereocenters. The second kappa shape index (κ2) is 4.27. The van der Waals surface area contributed by atoms with Gasteiger partial charge in [-0.05, 0) is 39.7 Å². The summed E-state index contributed by atoms with van der Waals surface area (Å²) in [5.41, 5.74) is 1.95. The molecule has 0 saturated carbocycles. The second-order valence-electron chi connectivity index (χ2n) is 3.70. The zero-order valence-electron chi connectivity index (χ0n) is 8.54. The van der Waals surface area contributed by atoms with Gasteiger partial charge in [0.1, 0.15) is 5.75 Å². The third-order valence-electron chi connectivity index (χ3n) is 2.64. The fraction of sp³-hybridized carbons (Fsp3) is 0. The van der Waals surface area contributed by atoms with Crippen molar-refractivity contribution in [3.63, 3.8) is 0 Å². The van der Waals surface area contributed by atoms with Crippen molar-refractivity contribution in [2.45, 2.75) is 0 Å². The average Bonchev–Trinajstić information content (AvgIpc) is 2.31. The lowest BCUT2D eigenvalue weighted by Crippen LogP contribution is -2.10. The monoisotopic (exact) mass is 372 g/mol. The number of halogens is 2. The first-order valence-electron chi connectivity index (χ1n) is 4.97. The molecule has 5 heteroatoms. The molecule has 17 heavy (non-hydrogen) atoms. The topological polar surface area (TPSA) is 26.3 Å². The van der Waals surface area contributed by atoms with E-state index in [0.717, 1.165) is 25.4 Å². The highest BCUT2D eigenvalue weighted by atomic mass is 79.9. The summed E-state index contributed by atoms with van der Waals surface area (Å²) in [6.07, 6.45) is 0. The smallest absolute Gasteiger partial charge is 0.266 e. The van der Waals surface area contributed by atoms with Crippen molar-refractivity contribution in [1.29, 1.82) is 0 Å². The van der Waals surface area contributed by atoms with Gasteiger partial charge in [0, 0.05) is 10.0 Å². The van der Waals surface area contributed by atoms with Crippen molar-refractivity contribution < 1.29 is 9.09 Å². The lowest BCUT2D eigenvalue weighted by atomic mass is 10.0. The maximum atomic E-state index is 12.0. The SMILES string of the molecule is O=[PH]1Oc2c(Br)cc(Br)cc2-c2ccccc21. The molecule has 0 aliphatic carbocycles. The number of benzene rings is 2. The molecule has 0 aromatic heterocycles. The van der Waals surface area contributed by atoms with Crippen LogP contribution in [-0.2, 0) is 4.57 Å². The third kappa shape index (κ3) is 1.88. The highest BCUT2D eigenvalue weighted by Crippen LogP contribution is 2.47. The van der Waals surface area contributed by atoms with E-state index in [-0.39, 0.29) is 0 Å². The van der Waals surface area contributed by atoms with E-state index >= 15 is 0 Å². The van der Waals surface area contributed by atoms with Crippen LogP contribution in [0.3, 0.4) is 0 Å². The molecule has 0 radical (unpaired) electrons. The minimum absolute atomic E-state index is 0.663. The molecule has 0 bridgehead atoms. The van der Waals surface area contributed by atoms with Gasteiger partial charge in [-0.2, -0.15) is 0 Å². The molecule has 0 spiro atoms. The molecule has 2 aromatic carbocycles. The fourth-order valence-electron chi connectivity index (χ4n) is 1.91. The molecule has 1 aliphatic heterocycles. The Morgan fingerprint density at radius 1 is 1.06 bits per heavy atom. The largest absolute Gasteiger partial charge is 0.440 e. The summed E-state index contributed by atoms with van der Waals surface area (Å²) in [5.74, 6) is 0.663. The Labute approximate surface area is 116 Å². The van der Waals surface area contributed by atoms with Crippen LogP contribution in [0.4, 0.5) is 0 Å². The van der Waals surface area contributed by atoms with Gasteiger partial charge in [-0.25, -0.2) is 0 Å².